The van der Waals surface area contributed by atoms with E-state index in [1.165, 1.54) is 11.3 Å². The zero-order valence-corrected chi connectivity index (χ0v) is 27.2. The number of rotatable bonds is 8. The monoisotopic (exact) mass is 667 g/mol. The Balaban J connectivity index is 1.76. The molecule has 218 valence electrons. The van der Waals surface area contributed by atoms with Gasteiger partial charge in [0.1, 0.15) is 11.8 Å². The molecular formula is C32H31BrClN3O4S. The van der Waals surface area contributed by atoms with Crippen molar-refractivity contribution in [1.82, 2.24) is 9.13 Å². The number of allylic oxidation sites excluding steroid dienone is 1. The molecule has 0 bridgehead atoms. The van der Waals surface area contributed by atoms with E-state index in [-0.39, 0.29) is 12.2 Å². The Labute approximate surface area is 261 Å². The Kier molecular flexibility index (Phi) is 8.92. The third-order valence-corrected chi connectivity index (χ3v) is 8.97. The highest BCUT2D eigenvalue weighted by Crippen LogP contribution is 2.38. The van der Waals surface area contributed by atoms with E-state index in [1.807, 2.05) is 51.1 Å². The minimum absolute atomic E-state index is 0.194. The Morgan fingerprint density at radius 3 is 2.55 bits per heavy atom. The van der Waals surface area contributed by atoms with Crippen molar-refractivity contribution in [3.8, 4) is 11.4 Å². The van der Waals surface area contributed by atoms with Crippen LogP contribution in [-0.2, 0) is 9.53 Å². The maximum absolute atomic E-state index is 14.2. The lowest BCUT2D eigenvalue weighted by Crippen LogP contribution is -2.40. The molecule has 0 saturated heterocycles. The van der Waals surface area contributed by atoms with E-state index in [0.717, 1.165) is 33.5 Å². The van der Waals surface area contributed by atoms with Gasteiger partial charge in [0.25, 0.3) is 5.56 Å². The fourth-order valence-corrected chi connectivity index (χ4v) is 6.85. The second kappa shape index (κ2) is 12.5. The van der Waals surface area contributed by atoms with E-state index in [4.69, 9.17) is 26.1 Å². The van der Waals surface area contributed by atoms with Crippen molar-refractivity contribution in [2.75, 3.05) is 13.7 Å². The van der Waals surface area contributed by atoms with Gasteiger partial charge in [-0.3, -0.25) is 9.36 Å². The van der Waals surface area contributed by atoms with E-state index < -0.39 is 12.0 Å². The summed E-state index contributed by atoms with van der Waals surface area (Å²) >= 11 is 11.3. The molecule has 2 aromatic carbocycles. The predicted molar refractivity (Wildman–Crippen MR) is 171 cm³/mol. The lowest BCUT2D eigenvalue weighted by Gasteiger charge is -2.27. The first kappa shape index (κ1) is 30.1. The third-order valence-electron chi connectivity index (χ3n) is 7.22. The van der Waals surface area contributed by atoms with Crippen molar-refractivity contribution in [3.05, 3.63) is 111 Å². The van der Waals surface area contributed by atoms with Crippen molar-refractivity contribution in [2.24, 2.45) is 4.99 Å². The normalized spacial score (nSPS) is 15.0. The molecule has 10 heteroatoms. The molecule has 0 radical (unpaired) electrons. The molecule has 0 N–H and O–H groups in total. The van der Waals surface area contributed by atoms with Crippen LogP contribution in [0.25, 0.3) is 11.8 Å². The van der Waals surface area contributed by atoms with Gasteiger partial charge in [-0.15, -0.1) is 0 Å². The van der Waals surface area contributed by atoms with Gasteiger partial charge in [-0.2, -0.15) is 0 Å². The Hall–Kier alpha value is -3.40. The summed E-state index contributed by atoms with van der Waals surface area (Å²) in [7, 11) is 1.55. The van der Waals surface area contributed by atoms with Gasteiger partial charge in [0.15, 0.2) is 4.80 Å². The van der Waals surface area contributed by atoms with Gasteiger partial charge >= 0.3 is 5.97 Å². The lowest BCUT2D eigenvalue weighted by molar-refractivity contribution is -0.139. The Morgan fingerprint density at radius 2 is 1.88 bits per heavy atom. The van der Waals surface area contributed by atoms with Crippen molar-refractivity contribution < 1.29 is 14.3 Å². The maximum atomic E-state index is 14.2. The first-order valence-electron chi connectivity index (χ1n) is 13.7. The number of benzene rings is 2. The fourth-order valence-electron chi connectivity index (χ4n) is 5.40. The number of aryl methyl sites for hydroxylation is 1. The van der Waals surface area contributed by atoms with Gasteiger partial charge in [0.2, 0.25) is 0 Å². The maximum Gasteiger partial charge on any atom is 0.338 e. The highest BCUT2D eigenvalue weighted by molar-refractivity contribution is 9.10. The van der Waals surface area contributed by atoms with Crippen LogP contribution in [-0.4, -0.2) is 28.8 Å². The van der Waals surface area contributed by atoms with E-state index >= 15 is 0 Å². The van der Waals surface area contributed by atoms with Crippen molar-refractivity contribution in [3.63, 3.8) is 0 Å². The molecule has 42 heavy (non-hydrogen) atoms. The number of carbonyl (C=O) groups excluding carboxylic acids is 1. The lowest BCUT2D eigenvalue weighted by atomic mass is 9.93. The predicted octanol–water partition coefficient (Wildman–Crippen LogP) is 6.41. The molecule has 0 saturated carbocycles. The molecule has 0 unspecified atom stereocenters. The summed E-state index contributed by atoms with van der Waals surface area (Å²) in [6.07, 6.45) is 3.21. The molecule has 7 nitrogen and oxygen atoms in total. The highest BCUT2D eigenvalue weighted by Gasteiger charge is 2.36. The molecule has 1 aliphatic rings. The molecular weight excluding hydrogens is 638 g/mol. The molecule has 2 aromatic heterocycles. The van der Waals surface area contributed by atoms with Gasteiger partial charge < -0.3 is 14.0 Å². The van der Waals surface area contributed by atoms with Crippen LogP contribution in [0.15, 0.2) is 74.1 Å². The molecule has 4 aromatic rings. The van der Waals surface area contributed by atoms with Gasteiger partial charge in [0.05, 0.1) is 29.5 Å². The second-order valence-electron chi connectivity index (χ2n) is 9.94. The van der Waals surface area contributed by atoms with E-state index in [1.54, 1.807) is 36.8 Å². The molecule has 1 aliphatic heterocycles. The number of hydrogen-bond donors (Lipinski definition) is 0. The molecule has 0 amide bonds. The number of fused-ring (bicyclic) bond motifs is 1. The van der Waals surface area contributed by atoms with Crippen LogP contribution in [0.4, 0.5) is 0 Å². The summed E-state index contributed by atoms with van der Waals surface area (Å²) in [6.45, 7) is 8.06. The van der Waals surface area contributed by atoms with E-state index in [0.29, 0.717) is 43.4 Å². The second-order valence-corrected chi connectivity index (χ2v) is 12.3. The average molecular weight is 669 g/mol. The zero-order valence-electron chi connectivity index (χ0n) is 24.0. The smallest absolute Gasteiger partial charge is 0.338 e. The minimum atomic E-state index is -0.812. The average Bonchev–Trinajstić information content (AvgIpc) is 3.42. The number of halogens is 2. The van der Waals surface area contributed by atoms with Crippen LogP contribution < -0.4 is 19.6 Å². The molecule has 5 rings (SSSR count). The van der Waals surface area contributed by atoms with Gasteiger partial charge in [0, 0.05) is 32.1 Å². The van der Waals surface area contributed by atoms with Gasteiger partial charge in [-0.25, -0.2) is 9.79 Å². The fraction of sp³-hybridized carbons (Fsp3) is 0.281. The van der Waals surface area contributed by atoms with Crippen molar-refractivity contribution in [2.45, 2.75) is 46.6 Å². The summed E-state index contributed by atoms with van der Waals surface area (Å²) in [5.41, 5.74) is 5.28. The Morgan fingerprint density at radius 1 is 1.14 bits per heavy atom. The standard InChI is InChI=1S/C32H31BrClN3O4S/c1-6-8-25-28(31(39)41-7-2)29(24-17-22(34)11-14-26(24)40-5)37-30(38)27(42-32(37)35-25)16-20-15-18(3)36(19(20)4)23-12-9-21(33)10-13-23/h9-17,29H,6-8H2,1-5H3/b27-16+/t29-/m1/s1. The largest absolute Gasteiger partial charge is 0.496 e. The number of aromatic nitrogens is 2. The summed E-state index contributed by atoms with van der Waals surface area (Å²) in [6, 6.07) is 14.6. The van der Waals surface area contributed by atoms with Crippen LogP contribution in [0.2, 0.25) is 5.02 Å². The van der Waals surface area contributed by atoms with E-state index in [2.05, 4.69) is 26.6 Å². The van der Waals surface area contributed by atoms with Crippen LogP contribution in [0, 0.1) is 13.8 Å². The first-order valence-corrected chi connectivity index (χ1v) is 15.7. The molecule has 0 aliphatic carbocycles. The number of carbonyl (C=O) groups is 1. The molecule has 0 fully saturated rings. The first-order chi connectivity index (χ1) is 20.2. The zero-order chi connectivity index (χ0) is 30.1. The molecule has 3 heterocycles. The summed E-state index contributed by atoms with van der Waals surface area (Å²) < 4.78 is 16.4. The number of hydrogen-bond acceptors (Lipinski definition) is 6. The summed E-state index contributed by atoms with van der Waals surface area (Å²) in [4.78, 5) is 33.0. The van der Waals surface area contributed by atoms with Crippen LogP contribution in [0.5, 0.6) is 5.75 Å². The molecule has 0 spiro atoms. The van der Waals surface area contributed by atoms with Crippen molar-refractivity contribution >= 4 is 50.9 Å². The summed E-state index contributed by atoms with van der Waals surface area (Å²) in [5, 5.41) is 0.463. The molecule has 1 atom stereocenters. The summed E-state index contributed by atoms with van der Waals surface area (Å²) in [5.74, 6) is 0.000576. The van der Waals surface area contributed by atoms with Gasteiger partial charge in [-0.1, -0.05) is 52.2 Å². The van der Waals surface area contributed by atoms with Gasteiger partial charge in [-0.05, 0) is 87.4 Å². The quantitative estimate of drug-likeness (QED) is 0.204. The SMILES string of the molecule is CCCC1=C(C(=O)OCC)[C@@H](c2cc(Cl)ccc2OC)n2c(s/c(=C/c3cc(C)n(-c4ccc(Br)cc4)c3C)c2=O)=N1. The Bertz CT molecular complexity index is 1890. The number of methoxy groups -OCH3 is 1. The topological polar surface area (TPSA) is 74.8 Å². The minimum Gasteiger partial charge on any atom is -0.496 e. The number of nitrogens with zero attached hydrogens (tertiary/aromatic N) is 3. The van der Waals surface area contributed by atoms with Crippen LogP contribution >= 0.6 is 38.9 Å². The van der Waals surface area contributed by atoms with Crippen LogP contribution in [0.3, 0.4) is 0 Å². The van der Waals surface area contributed by atoms with E-state index in [9.17, 15) is 9.59 Å². The number of esters is 1. The highest BCUT2D eigenvalue weighted by atomic mass is 79.9. The van der Waals surface area contributed by atoms with Crippen LogP contribution in [0.1, 0.15) is 55.2 Å². The van der Waals surface area contributed by atoms with Crippen molar-refractivity contribution in [1.29, 1.82) is 0 Å². The number of ether oxygens (including phenoxy) is 2. The third kappa shape index (κ3) is 5.53. The number of thiazole rings is 1.